The Hall–Kier alpha value is -4.60. The maximum Gasteiger partial charge on any atom is 0.256 e. The van der Waals surface area contributed by atoms with E-state index in [0.717, 1.165) is 48.1 Å². The molecule has 1 aliphatic rings. The highest BCUT2D eigenvalue weighted by Gasteiger charge is 2.26. The van der Waals surface area contributed by atoms with E-state index in [4.69, 9.17) is 4.98 Å². The molecule has 2 amide bonds. The van der Waals surface area contributed by atoms with Crippen molar-refractivity contribution >= 4 is 34.1 Å². The van der Waals surface area contributed by atoms with Crippen LogP contribution in [0.2, 0.25) is 0 Å². The number of likely N-dealkylation sites (tertiary alicyclic amines) is 1. The van der Waals surface area contributed by atoms with Crippen LogP contribution in [0.25, 0.3) is 39.3 Å². The van der Waals surface area contributed by atoms with Gasteiger partial charge in [0.05, 0.1) is 28.5 Å². The average Bonchev–Trinajstić information content (AvgIpc) is 3.66. The van der Waals surface area contributed by atoms with Crippen molar-refractivity contribution in [1.82, 2.24) is 35.0 Å². The van der Waals surface area contributed by atoms with Crippen LogP contribution in [0.5, 0.6) is 0 Å². The van der Waals surface area contributed by atoms with Crippen LogP contribution in [-0.4, -0.2) is 59.9 Å². The van der Waals surface area contributed by atoms with E-state index in [1.54, 1.807) is 30.7 Å². The number of allylic oxidation sites excluding steroid dienone is 2. The number of hydrogen-bond donors (Lipinski definition) is 3. The minimum absolute atomic E-state index is 0.0418. The number of pyridine rings is 2. The zero-order valence-corrected chi connectivity index (χ0v) is 22.4. The van der Waals surface area contributed by atoms with Crippen molar-refractivity contribution in [3.8, 4) is 22.6 Å². The summed E-state index contributed by atoms with van der Waals surface area (Å²) in [6.07, 6.45) is 10.9. The molecule has 0 atom stereocenters. The highest BCUT2D eigenvalue weighted by molar-refractivity contribution is 6.19. The van der Waals surface area contributed by atoms with Gasteiger partial charge in [-0.3, -0.25) is 19.7 Å². The Bertz CT molecular complexity index is 1570. The molecule has 39 heavy (non-hydrogen) atoms. The van der Waals surface area contributed by atoms with Gasteiger partial charge in [-0.25, -0.2) is 9.97 Å². The number of fused-ring (bicyclic) bond motifs is 1. The summed E-state index contributed by atoms with van der Waals surface area (Å²) in [4.78, 5) is 44.3. The van der Waals surface area contributed by atoms with Crippen LogP contribution in [0.15, 0.2) is 49.5 Å². The minimum atomic E-state index is -0.0493. The Labute approximate surface area is 226 Å². The Morgan fingerprint density at radius 2 is 1.92 bits per heavy atom. The summed E-state index contributed by atoms with van der Waals surface area (Å²) in [7, 11) is 0. The molecule has 10 heteroatoms. The van der Waals surface area contributed by atoms with Gasteiger partial charge in [-0.15, -0.1) is 0 Å². The minimum Gasteiger partial charge on any atom is -0.340 e. The van der Waals surface area contributed by atoms with Gasteiger partial charge in [0, 0.05) is 48.7 Å². The molecule has 0 bridgehead atoms. The van der Waals surface area contributed by atoms with Crippen molar-refractivity contribution in [2.24, 2.45) is 5.92 Å². The third-order valence-electron chi connectivity index (χ3n) is 6.64. The number of anilines is 1. The Morgan fingerprint density at radius 3 is 2.67 bits per heavy atom. The molecule has 4 aromatic rings. The number of imidazole rings is 1. The average molecular weight is 525 g/mol. The summed E-state index contributed by atoms with van der Waals surface area (Å²) in [6.45, 7) is 11.2. The first-order valence-corrected chi connectivity index (χ1v) is 13.1. The molecule has 0 radical (unpaired) electrons. The number of aryl methyl sites for hydroxylation is 1. The highest BCUT2D eigenvalue weighted by Crippen LogP contribution is 2.31. The molecule has 0 spiro atoms. The van der Waals surface area contributed by atoms with E-state index in [0.29, 0.717) is 40.5 Å². The van der Waals surface area contributed by atoms with E-state index in [-0.39, 0.29) is 17.7 Å². The summed E-state index contributed by atoms with van der Waals surface area (Å²) in [5.41, 5.74) is 5.32. The Kier molecular flexibility index (Phi) is 7.36. The number of nitrogens with one attached hydrogen (secondary N) is 3. The molecule has 10 nitrogen and oxygen atoms in total. The zero-order valence-electron chi connectivity index (χ0n) is 22.4. The highest BCUT2D eigenvalue weighted by atomic mass is 16.2. The van der Waals surface area contributed by atoms with Crippen molar-refractivity contribution in [3.05, 3.63) is 60.8 Å². The number of aromatic nitrogens is 6. The van der Waals surface area contributed by atoms with E-state index in [1.165, 1.54) is 0 Å². The second-order valence-electron chi connectivity index (χ2n) is 10.2. The maximum atomic E-state index is 13.2. The van der Waals surface area contributed by atoms with E-state index in [9.17, 15) is 9.59 Å². The monoisotopic (exact) mass is 524 g/mol. The third-order valence-corrected chi connectivity index (χ3v) is 6.64. The predicted octanol–water partition coefficient (Wildman–Crippen LogP) is 4.89. The number of rotatable bonds is 8. The predicted molar refractivity (Wildman–Crippen MR) is 152 cm³/mol. The van der Waals surface area contributed by atoms with Crippen LogP contribution in [0.1, 0.15) is 44.5 Å². The van der Waals surface area contributed by atoms with E-state index >= 15 is 0 Å². The fraction of sp³-hybridized carbons (Fsp3) is 0.310. The number of amides is 2. The van der Waals surface area contributed by atoms with Crippen LogP contribution < -0.4 is 5.32 Å². The van der Waals surface area contributed by atoms with Gasteiger partial charge in [0.15, 0.2) is 11.5 Å². The standard InChI is InChI=1S/C29H32N8O2/c1-5-8-22(29(39)37-9-6-7-10-37)25-18(4)32-28(34-25)26-23-13-20(15-31-27(23)36-35-26)19-12-21(16-30-14-19)33-24(38)11-17(2)3/h5,8,12-17H,1,6-7,9-11H2,2-4H3,(H,32,34)(H,33,38)(H,31,35,36)/b22-8+. The van der Waals surface area contributed by atoms with Crippen molar-refractivity contribution in [2.45, 2.75) is 40.0 Å². The van der Waals surface area contributed by atoms with Gasteiger partial charge in [-0.1, -0.05) is 26.5 Å². The first kappa shape index (κ1) is 26.0. The van der Waals surface area contributed by atoms with Crippen LogP contribution in [0, 0.1) is 12.8 Å². The summed E-state index contributed by atoms with van der Waals surface area (Å²) in [6, 6.07) is 3.84. The van der Waals surface area contributed by atoms with E-state index < -0.39 is 0 Å². The van der Waals surface area contributed by atoms with Crippen molar-refractivity contribution < 1.29 is 9.59 Å². The lowest BCUT2D eigenvalue weighted by Crippen LogP contribution is -2.28. The normalized spacial score (nSPS) is 13.8. The number of hydrogen-bond acceptors (Lipinski definition) is 6. The van der Waals surface area contributed by atoms with Gasteiger partial charge < -0.3 is 15.2 Å². The van der Waals surface area contributed by atoms with Crippen molar-refractivity contribution in [3.63, 3.8) is 0 Å². The molecule has 0 aromatic carbocycles. The molecule has 0 aliphatic carbocycles. The van der Waals surface area contributed by atoms with E-state index in [2.05, 4.69) is 37.0 Å². The molecule has 0 saturated carbocycles. The largest absolute Gasteiger partial charge is 0.340 e. The smallest absolute Gasteiger partial charge is 0.256 e. The zero-order chi connectivity index (χ0) is 27.5. The topological polar surface area (TPSA) is 133 Å². The van der Waals surface area contributed by atoms with Gasteiger partial charge >= 0.3 is 0 Å². The maximum absolute atomic E-state index is 13.2. The van der Waals surface area contributed by atoms with E-state index in [1.807, 2.05) is 37.8 Å². The molecular formula is C29H32N8O2. The van der Waals surface area contributed by atoms with Crippen LogP contribution in [-0.2, 0) is 9.59 Å². The summed E-state index contributed by atoms with van der Waals surface area (Å²) in [5.74, 6) is 0.729. The number of carbonyl (C=O) groups excluding carboxylic acids is 2. The third kappa shape index (κ3) is 5.50. The summed E-state index contributed by atoms with van der Waals surface area (Å²) in [5, 5.41) is 11.1. The molecule has 1 fully saturated rings. The molecule has 1 aliphatic heterocycles. The molecule has 4 aromatic heterocycles. The molecular weight excluding hydrogens is 492 g/mol. The summed E-state index contributed by atoms with van der Waals surface area (Å²) < 4.78 is 0. The molecule has 5 rings (SSSR count). The Balaban J connectivity index is 1.47. The number of aromatic amines is 2. The lowest BCUT2D eigenvalue weighted by Gasteiger charge is -2.16. The molecule has 0 unspecified atom stereocenters. The van der Waals surface area contributed by atoms with Crippen LogP contribution in [0.4, 0.5) is 5.69 Å². The summed E-state index contributed by atoms with van der Waals surface area (Å²) >= 11 is 0. The van der Waals surface area contributed by atoms with Gasteiger partial charge in [0.2, 0.25) is 5.91 Å². The van der Waals surface area contributed by atoms with Gasteiger partial charge in [-0.2, -0.15) is 5.10 Å². The number of nitrogens with zero attached hydrogens (tertiary/aromatic N) is 5. The quantitative estimate of drug-likeness (QED) is 0.222. The second kappa shape index (κ2) is 11.0. The van der Waals surface area contributed by atoms with Crippen LogP contribution in [0.3, 0.4) is 0 Å². The fourth-order valence-corrected chi connectivity index (χ4v) is 4.79. The molecule has 200 valence electrons. The molecule has 5 heterocycles. The van der Waals surface area contributed by atoms with Gasteiger partial charge in [-0.05, 0) is 43.9 Å². The van der Waals surface area contributed by atoms with Crippen molar-refractivity contribution in [1.29, 1.82) is 0 Å². The molecule has 1 saturated heterocycles. The van der Waals surface area contributed by atoms with Gasteiger partial charge in [0.1, 0.15) is 5.69 Å². The lowest BCUT2D eigenvalue weighted by atomic mass is 10.1. The number of carbonyl (C=O) groups is 2. The SMILES string of the molecule is C=C/C=C(/C(=O)N1CCCC1)c1nc(-c2[nH]nc3ncc(-c4cncc(NC(=O)CC(C)C)c4)cc23)[nH]c1C. The fourth-order valence-electron chi connectivity index (χ4n) is 4.79. The number of H-pyrrole nitrogens is 2. The lowest BCUT2D eigenvalue weighted by molar-refractivity contribution is -0.124. The van der Waals surface area contributed by atoms with Crippen molar-refractivity contribution in [2.75, 3.05) is 18.4 Å². The first-order chi connectivity index (χ1) is 18.8. The second-order valence-corrected chi connectivity index (χ2v) is 10.2. The van der Waals surface area contributed by atoms with Crippen LogP contribution >= 0.6 is 0 Å². The van der Waals surface area contributed by atoms with Gasteiger partial charge in [0.25, 0.3) is 5.91 Å². The molecule has 3 N–H and O–H groups in total. The first-order valence-electron chi connectivity index (χ1n) is 13.1. The Morgan fingerprint density at radius 1 is 1.15 bits per heavy atom.